The molecule has 1 fully saturated rings. The number of nitrogens with two attached hydrogens (primary N) is 1. The van der Waals surface area contributed by atoms with Crippen molar-refractivity contribution in [2.24, 2.45) is 5.73 Å². The number of para-hydroxylation sites is 1. The third-order valence-corrected chi connectivity index (χ3v) is 2.31. The summed E-state index contributed by atoms with van der Waals surface area (Å²) in [5.41, 5.74) is 6.75. The summed E-state index contributed by atoms with van der Waals surface area (Å²) in [7, 11) is 0. The molecule has 0 heterocycles. The van der Waals surface area contributed by atoms with Gasteiger partial charge in [-0.2, -0.15) is 0 Å². The summed E-state index contributed by atoms with van der Waals surface area (Å²) < 4.78 is 5.56. The first-order valence-corrected chi connectivity index (χ1v) is 4.83. The molecule has 0 aliphatic heterocycles. The molecule has 0 atom stereocenters. The second-order valence-corrected chi connectivity index (χ2v) is 3.45. The first kappa shape index (κ1) is 8.57. The minimum atomic E-state index is 0.582. The Morgan fingerprint density at radius 3 is 2.77 bits per heavy atom. The fourth-order valence-electron chi connectivity index (χ4n) is 1.51. The molecular formula is C11H15NO. The fraction of sp³-hybridized carbons (Fsp3) is 0.455. The molecule has 0 amide bonds. The number of hydrogen-bond acceptors (Lipinski definition) is 2. The number of hydrogen-bond donors (Lipinski definition) is 1. The zero-order valence-electron chi connectivity index (χ0n) is 7.70. The minimum Gasteiger partial charge on any atom is -0.492 e. The molecule has 2 rings (SSSR count). The first-order chi connectivity index (χ1) is 6.42. The summed E-state index contributed by atoms with van der Waals surface area (Å²) in [6.45, 7) is 1.20. The zero-order valence-corrected chi connectivity index (χ0v) is 7.70. The van der Waals surface area contributed by atoms with Crippen molar-refractivity contribution in [3.63, 3.8) is 0 Å². The van der Waals surface area contributed by atoms with Crippen LogP contribution in [0.2, 0.25) is 0 Å². The highest BCUT2D eigenvalue weighted by atomic mass is 16.5. The van der Waals surface area contributed by atoms with Gasteiger partial charge in [-0.25, -0.2) is 0 Å². The Kier molecular flexibility index (Phi) is 2.50. The molecule has 1 saturated carbocycles. The second-order valence-electron chi connectivity index (χ2n) is 3.45. The Labute approximate surface area is 78.7 Å². The van der Waals surface area contributed by atoms with E-state index >= 15 is 0 Å². The van der Waals surface area contributed by atoms with Crippen molar-refractivity contribution in [3.05, 3.63) is 29.8 Å². The third-order valence-electron chi connectivity index (χ3n) is 2.31. The highest BCUT2D eigenvalue weighted by Gasteiger charge is 2.26. The molecule has 13 heavy (non-hydrogen) atoms. The predicted molar refractivity (Wildman–Crippen MR) is 53.0 cm³/mol. The molecule has 1 aliphatic rings. The standard InChI is InChI=1S/C11H15NO/c12-7-8-13-11-4-2-1-3-10(11)9-5-6-9/h1-4,9H,5-8,12H2. The molecule has 1 aromatic rings. The van der Waals surface area contributed by atoms with Gasteiger partial charge in [0.25, 0.3) is 0 Å². The lowest BCUT2D eigenvalue weighted by molar-refractivity contribution is 0.325. The van der Waals surface area contributed by atoms with Crippen molar-refractivity contribution in [1.29, 1.82) is 0 Å². The van der Waals surface area contributed by atoms with E-state index in [2.05, 4.69) is 12.1 Å². The first-order valence-electron chi connectivity index (χ1n) is 4.83. The van der Waals surface area contributed by atoms with Crippen molar-refractivity contribution >= 4 is 0 Å². The molecule has 2 N–H and O–H groups in total. The normalized spacial score (nSPS) is 15.8. The van der Waals surface area contributed by atoms with Crippen LogP contribution in [0, 0.1) is 0 Å². The van der Waals surface area contributed by atoms with Gasteiger partial charge in [0, 0.05) is 6.54 Å². The maximum absolute atomic E-state index is 5.56. The molecule has 2 heteroatoms. The van der Waals surface area contributed by atoms with Gasteiger partial charge in [0.05, 0.1) is 0 Å². The lowest BCUT2D eigenvalue weighted by Gasteiger charge is -2.09. The lowest BCUT2D eigenvalue weighted by atomic mass is 10.1. The summed E-state index contributed by atoms with van der Waals surface area (Å²) in [4.78, 5) is 0. The maximum Gasteiger partial charge on any atom is 0.122 e. The third kappa shape index (κ3) is 2.01. The SMILES string of the molecule is NCCOc1ccccc1C1CC1. The Morgan fingerprint density at radius 2 is 2.08 bits per heavy atom. The quantitative estimate of drug-likeness (QED) is 0.762. The average molecular weight is 177 g/mol. The van der Waals surface area contributed by atoms with E-state index in [0.717, 1.165) is 11.7 Å². The van der Waals surface area contributed by atoms with Crippen LogP contribution >= 0.6 is 0 Å². The van der Waals surface area contributed by atoms with Gasteiger partial charge >= 0.3 is 0 Å². The zero-order chi connectivity index (χ0) is 9.10. The van der Waals surface area contributed by atoms with E-state index in [0.29, 0.717) is 13.2 Å². The Bertz CT molecular complexity index is 281. The van der Waals surface area contributed by atoms with Crippen LogP contribution in [0.4, 0.5) is 0 Å². The van der Waals surface area contributed by atoms with Crippen LogP contribution in [-0.4, -0.2) is 13.2 Å². The second kappa shape index (κ2) is 3.79. The van der Waals surface area contributed by atoms with Gasteiger partial charge in [0.2, 0.25) is 0 Å². The van der Waals surface area contributed by atoms with Crippen molar-refractivity contribution in [3.8, 4) is 5.75 Å². The fourth-order valence-corrected chi connectivity index (χ4v) is 1.51. The lowest BCUT2D eigenvalue weighted by Crippen LogP contribution is -2.11. The van der Waals surface area contributed by atoms with Gasteiger partial charge in [0.15, 0.2) is 0 Å². The number of benzene rings is 1. The topological polar surface area (TPSA) is 35.2 Å². The van der Waals surface area contributed by atoms with Crippen LogP contribution in [0.25, 0.3) is 0 Å². The Morgan fingerprint density at radius 1 is 1.31 bits per heavy atom. The van der Waals surface area contributed by atoms with E-state index in [1.54, 1.807) is 0 Å². The molecule has 0 aromatic heterocycles. The van der Waals surface area contributed by atoms with E-state index < -0.39 is 0 Å². The smallest absolute Gasteiger partial charge is 0.122 e. The summed E-state index contributed by atoms with van der Waals surface area (Å²) in [6, 6.07) is 8.27. The van der Waals surface area contributed by atoms with Crippen LogP contribution in [-0.2, 0) is 0 Å². The minimum absolute atomic E-state index is 0.582. The van der Waals surface area contributed by atoms with Crippen LogP contribution < -0.4 is 10.5 Å². The summed E-state index contributed by atoms with van der Waals surface area (Å²) >= 11 is 0. The van der Waals surface area contributed by atoms with Gasteiger partial charge < -0.3 is 10.5 Å². The van der Waals surface area contributed by atoms with Crippen molar-refractivity contribution in [2.75, 3.05) is 13.2 Å². The van der Waals surface area contributed by atoms with Gasteiger partial charge in [0.1, 0.15) is 12.4 Å². The number of rotatable bonds is 4. The van der Waals surface area contributed by atoms with Gasteiger partial charge in [-0.15, -0.1) is 0 Å². The number of ether oxygens (including phenoxy) is 1. The molecular weight excluding hydrogens is 162 g/mol. The molecule has 0 bridgehead atoms. The van der Waals surface area contributed by atoms with Gasteiger partial charge in [-0.3, -0.25) is 0 Å². The van der Waals surface area contributed by atoms with E-state index in [4.69, 9.17) is 10.5 Å². The molecule has 0 radical (unpaired) electrons. The van der Waals surface area contributed by atoms with Gasteiger partial charge in [-0.05, 0) is 30.4 Å². The van der Waals surface area contributed by atoms with Crippen LogP contribution in [0.3, 0.4) is 0 Å². The van der Waals surface area contributed by atoms with Crippen LogP contribution in [0.1, 0.15) is 24.3 Å². The largest absolute Gasteiger partial charge is 0.492 e. The van der Waals surface area contributed by atoms with Crippen LogP contribution in [0.5, 0.6) is 5.75 Å². The Balaban J connectivity index is 2.12. The molecule has 0 unspecified atom stereocenters. The molecule has 0 spiro atoms. The van der Waals surface area contributed by atoms with Crippen LogP contribution in [0.15, 0.2) is 24.3 Å². The van der Waals surface area contributed by atoms with E-state index in [9.17, 15) is 0 Å². The highest BCUT2D eigenvalue weighted by molar-refractivity contribution is 5.38. The van der Waals surface area contributed by atoms with Crippen molar-refractivity contribution < 1.29 is 4.74 Å². The predicted octanol–water partition coefficient (Wildman–Crippen LogP) is 1.90. The van der Waals surface area contributed by atoms with Gasteiger partial charge in [-0.1, -0.05) is 18.2 Å². The average Bonchev–Trinajstić information content (AvgIpc) is 2.98. The molecule has 2 nitrogen and oxygen atoms in total. The Hall–Kier alpha value is -1.02. The molecule has 0 saturated heterocycles. The molecule has 1 aromatic carbocycles. The van der Waals surface area contributed by atoms with Crippen molar-refractivity contribution in [1.82, 2.24) is 0 Å². The highest BCUT2D eigenvalue weighted by Crippen LogP contribution is 2.43. The monoisotopic (exact) mass is 177 g/mol. The van der Waals surface area contributed by atoms with E-state index in [1.165, 1.54) is 18.4 Å². The van der Waals surface area contributed by atoms with E-state index in [1.807, 2.05) is 12.1 Å². The summed E-state index contributed by atoms with van der Waals surface area (Å²) in [6.07, 6.45) is 2.62. The summed E-state index contributed by atoms with van der Waals surface area (Å²) in [5, 5.41) is 0. The maximum atomic E-state index is 5.56. The summed E-state index contributed by atoms with van der Waals surface area (Å²) in [5.74, 6) is 1.77. The molecule has 1 aliphatic carbocycles. The van der Waals surface area contributed by atoms with E-state index in [-0.39, 0.29) is 0 Å². The van der Waals surface area contributed by atoms with Crippen molar-refractivity contribution in [2.45, 2.75) is 18.8 Å². The molecule has 70 valence electrons.